The zero-order valence-electron chi connectivity index (χ0n) is 15.8. The zero-order chi connectivity index (χ0) is 20.3. The molecule has 0 radical (unpaired) electrons. The molecule has 2 heterocycles. The molecule has 152 valence electrons. The fourth-order valence-corrected chi connectivity index (χ4v) is 5.62. The van der Waals surface area contributed by atoms with Gasteiger partial charge in [0.1, 0.15) is 4.21 Å². The number of nitrogens with zero attached hydrogens (tertiary/aromatic N) is 3. The lowest BCUT2D eigenvalue weighted by Crippen LogP contribution is -2.51. The monoisotopic (exact) mass is 442 g/mol. The molecule has 0 unspecified atom stereocenters. The number of para-hydroxylation sites is 1. The highest BCUT2D eigenvalue weighted by Crippen LogP contribution is 2.26. The number of nitrogens with one attached hydrogen (secondary N) is 1. The maximum Gasteiger partial charge on any atom is 0.317 e. The SMILES string of the molecule is CN(C)S(=O)(=O)c1ccc(CNC(=O)N2CCN(c3ccccc3Cl)CC2)s1. The van der Waals surface area contributed by atoms with Gasteiger partial charge in [0.2, 0.25) is 0 Å². The molecule has 1 N–H and O–H groups in total. The Bertz CT molecular complexity index is 938. The van der Waals surface area contributed by atoms with Crippen LogP contribution in [0.4, 0.5) is 10.5 Å². The van der Waals surface area contributed by atoms with Gasteiger partial charge in [-0.15, -0.1) is 11.3 Å². The molecule has 0 aliphatic carbocycles. The van der Waals surface area contributed by atoms with Crippen LogP contribution in [-0.2, 0) is 16.6 Å². The van der Waals surface area contributed by atoms with Crippen molar-refractivity contribution in [1.29, 1.82) is 0 Å². The van der Waals surface area contributed by atoms with Crippen molar-refractivity contribution in [2.45, 2.75) is 10.8 Å². The Morgan fingerprint density at radius 3 is 2.46 bits per heavy atom. The second-order valence-electron chi connectivity index (χ2n) is 6.59. The minimum absolute atomic E-state index is 0.149. The second-order valence-corrected chi connectivity index (χ2v) is 10.5. The summed E-state index contributed by atoms with van der Waals surface area (Å²) in [4.78, 5) is 17.2. The minimum atomic E-state index is -3.44. The van der Waals surface area contributed by atoms with E-state index in [1.807, 2.05) is 24.3 Å². The smallest absolute Gasteiger partial charge is 0.317 e. The van der Waals surface area contributed by atoms with Crippen molar-refractivity contribution in [2.75, 3.05) is 45.2 Å². The van der Waals surface area contributed by atoms with E-state index in [9.17, 15) is 13.2 Å². The number of carbonyl (C=O) groups is 1. The van der Waals surface area contributed by atoms with Gasteiger partial charge >= 0.3 is 6.03 Å². The van der Waals surface area contributed by atoms with E-state index in [4.69, 9.17) is 11.6 Å². The Hall–Kier alpha value is -1.81. The molecule has 10 heteroatoms. The van der Waals surface area contributed by atoms with Crippen LogP contribution in [0.1, 0.15) is 4.88 Å². The molecule has 1 saturated heterocycles. The molecule has 1 fully saturated rings. The van der Waals surface area contributed by atoms with E-state index in [1.54, 1.807) is 17.0 Å². The van der Waals surface area contributed by atoms with Crippen LogP contribution < -0.4 is 10.2 Å². The molecule has 2 amide bonds. The van der Waals surface area contributed by atoms with Crippen LogP contribution in [0.25, 0.3) is 0 Å². The van der Waals surface area contributed by atoms with E-state index < -0.39 is 10.0 Å². The Morgan fingerprint density at radius 2 is 1.82 bits per heavy atom. The number of benzene rings is 1. The lowest BCUT2D eigenvalue weighted by Gasteiger charge is -2.36. The van der Waals surface area contributed by atoms with Crippen LogP contribution in [0.5, 0.6) is 0 Å². The number of piperazine rings is 1. The number of rotatable bonds is 5. The molecule has 0 atom stereocenters. The average Bonchev–Trinajstić information content (AvgIpc) is 3.16. The van der Waals surface area contributed by atoms with Gasteiger partial charge in [0.05, 0.1) is 17.3 Å². The number of hydrogen-bond acceptors (Lipinski definition) is 5. The maximum atomic E-state index is 12.4. The van der Waals surface area contributed by atoms with Crippen LogP contribution in [0.2, 0.25) is 5.02 Å². The van der Waals surface area contributed by atoms with E-state index in [1.165, 1.54) is 29.7 Å². The molecular weight excluding hydrogens is 420 g/mol. The molecule has 2 aromatic rings. The largest absolute Gasteiger partial charge is 0.367 e. The number of sulfonamides is 1. The summed E-state index contributed by atoms with van der Waals surface area (Å²) < 4.78 is 25.7. The Labute approximate surface area is 174 Å². The van der Waals surface area contributed by atoms with Crippen molar-refractivity contribution >= 4 is 44.7 Å². The minimum Gasteiger partial charge on any atom is -0.367 e. The van der Waals surface area contributed by atoms with Crippen molar-refractivity contribution in [3.05, 3.63) is 46.3 Å². The van der Waals surface area contributed by atoms with Crippen molar-refractivity contribution in [1.82, 2.24) is 14.5 Å². The lowest BCUT2D eigenvalue weighted by atomic mass is 10.2. The number of halogens is 1. The van der Waals surface area contributed by atoms with Gasteiger partial charge < -0.3 is 15.1 Å². The molecule has 0 saturated carbocycles. The van der Waals surface area contributed by atoms with Gasteiger partial charge in [-0.1, -0.05) is 23.7 Å². The standard InChI is InChI=1S/C18H23ClN4O3S2/c1-21(2)28(25,26)17-8-7-14(27-17)13-20-18(24)23-11-9-22(10-12-23)16-6-4-3-5-15(16)19/h3-8H,9-13H2,1-2H3,(H,20,24). The number of amides is 2. The van der Waals surface area contributed by atoms with Crippen molar-refractivity contribution in [3.63, 3.8) is 0 Å². The predicted molar refractivity (Wildman–Crippen MR) is 113 cm³/mol. The summed E-state index contributed by atoms with van der Waals surface area (Å²) >= 11 is 7.42. The first-order valence-electron chi connectivity index (χ1n) is 8.82. The number of carbonyl (C=O) groups excluding carboxylic acids is 1. The van der Waals surface area contributed by atoms with Gasteiger partial charge in [-0.2, -0.15) is 0 Å². The summed E-state index contributed by atoms with van der Waals surface area (Å²) in [5, 5.41) is 3.58. The average molecular weight is 443 g/mol. The number of hydrogen-bond donors (Lipinski definition) is 1. The molecule has 1 aromatic carbocycles. The van der Waals surface area contributed by atoms with E-state index in [2.05, 4.69) is 10.2 Å². The summed E-state index contributed by atoms with van der Waals surface area (Å²) in [7, 11) is -0.441. The highest BCUT2D eigenvalue weighted by atomic mass is 35.5. The third-order valence-corrected chi connectivity index (χ3v) is 8.23. The van der Waals surface area contributed by atoms with E-state index in [0.717, 1.165) is 10.6 Å². The highest BCUT2D eigenvalue weighted by molar-refractivity contribution is 7.91. The fourth-order valence-electron chi connectivity index (χ4n) is 2.90. The van der Waals surface area contributed by atoms with Gasteiger partial charge in [-0.05, 0) is 24.3 Å². The highest BCUT2D eigenvalue weighted by Gasteiger charge is 2.23. The Balaban J connectivity index is 1.52. The molecule has 7 nitrogen and oxygen atoms in total. The maximum absolute atomic E-state index is 12.4. The Kier molecular flexibility index (Phi) is 6.49. The Morgan fingerprint density at radius 1 is 1.14 bits per heavy atom. The zero-order valence-corrected chi connectivity index (χ0v) is 18.1. The van der Waals surface area contributed by atoms with Gasteiger partial charge in [-0.25, -0.2) is 17.5 Å². The van der Waals surface area contributed by atoms with Crippen LogP contribution in [-0.4, -0.2) is 63.9 Å². The fraction of sp³-hybridized carbons (Fsp3) is 0.389. The molecule has 1 aliphatic rings. The summed E-state index contributed by atoms with van der Waals surface area (Å²) in [6.45, 7) is 2.92. The second kappa shape index (κ2) is 8.69. The number of urea groups is 1. The third kappa shape index (κ3) is 4.60. The summed E-state index contributed by atoms with van der Waals surface area (Å²) in [5.41, 5.74) is 0.984. The van der Waals surface area contributed by atoms with Gasteiger partial charge in [0, 0.05) is 45.2 Å². The van der Waals surface area contributed by atoms with Crippen LogP contribution in [0.15, 0.2) is 40.6 Å². The molecule has 1 aliphatic heterocycles. The van der Waals surface area contributed by atoms with Crippen molar-refractivity contribution < 1.29 is 13.2 Å². The van der Waals surface area contributed by atoms with Crippen LogP contribution >= 0.6 is 22.9 Å². The first-order chi connectivity index (χ1) is 13.3. The van der Waals surface area contributed by atoms with Gasteiger partial charge in [0.25, 0.3) is 10.0 Å². The lowest BCUT2D eigenvalue weighted by molar-refractivity contribution is 0.194. The first kappa shape index (κ1) is 20.9. The van der Waals surface area contributed by atoms with Gasteiger partial charge in [0.15, 0.2) is 0 Å². The molecule has 0 bridgehead atoms. The van der Waals surface area contributed by atoms with E-state index in [-0.39, 0.29) is 10.2 Å². The summed E-state index contributed by atoms with van der Waals surface area (Å²) in [5.74, 6) is 0. The number of thiophene rings is 1. The van der Waals surface area contributed by atoms with Crippen molar-refractivity contribution in [3.8, 4) is 0 Å². The van der Waals surface area contributed by atoms with Gasteiger partial charge in [-0.3, -0.25) is 0 Å². The third-order valence-electron chi connectivity index (χ3n) is 4.55. The topological polar surface area (TPSA) is 73.0 Å². The quantitative estimate of drug-likeness (QED) is 0.772. The molecule has 1 aromatic heterocycles. The first-order valence-corrected chi connectivity index (χ1v) is 11.5. The van der Waals surface area contributed by atoms with Crippen LogP contribution in [0, 0.1) is 0 Å². The summed E-state index contributed by atoms with van der Waals surface area (Å²) in [6, 6.07) is 10.8. The van der Waals surface area contributed by atoms with E-state index >= 15 is 0 Å². The van der Waals surface area contributed by atoms with Crippen molar-refractivity contribution in [2.24, 2.45) is 0 Å². The molecule has 3 rings (SSSR count). The molecule has 28 heavy (non-hydrogen) atoms. The van der Waals surface area contributed by atoms with E-state index in [0.29, 0.717) is 37.7 Å². The van der Waals surface area contributed by atoms with Crippen LogP contribution in [0.3, 0.4) is 0 Å². The number of anilines is 1. The molecular formula is C18H23ClN4O3S2. The molecule has 0 spiro atoms. The predicted octanol–water partition coefficient (Wildman–Crippen LogP) is 2.68. The summed E-state index contributed by atoms with van der Waals surface area (Å²) in [6.07, 6.45) is 0. The normalized spacial score (nSPS) is 15.1.